The van der Waals surface area contributed by atoms with Gasteiger partial charge >= 0.3 is 0 Å². The number of aldehydes is 1. The van der Waals surface area contributed by atoms with Gasteiger partial charge < -0.3 is 14.3 Å². The van der Waals surface area contributed by atoms with Gasteiger partial charge in [0, 0.05) is 6.42 Å². The molecule has 0 saturated heterocycles. The van der Waals surface area contributed by atoms with Gasteiger partial charge in [-0.1, -0.05) is 17.9 Å². The average molecular weight is 242 g/mol. The lowest BCUT2D eigenvalue weighted by Gasteiger charge is -2.21. The Bertz CT molecular complexity index is 504. The first-order valence-electron chi connectivity index (χ1n) is 5.29. The number of hydrogen-bond acceptors (Lipinski definition) is 3. The van der Waals surface area contributed by atoms with E-state index in [0.717, 1.165) is 6.29 Å². The van der Waals surface area contributed by atoms with E-state index in [4.69, 9.17) is 22.3 Å². The van der Waals surface area contributed by atoms with Crippen LogP contribution in [0.2, 0.25) is 0 Å². The molecule has 0 radical (unpaired) electrons. The Balaban J connectivity index is 3.36. The number of methoxy groups -OCH3 is 2. The van der Waals surface area contributed by atoms with Crippen LogP contribution in [0.15, 0.2) is 18.2 Å². The fourth-order valence-corrected chi connectivity index (χ4v) is 1.67. The van der Waals surface area contributed by atoms with Crippen molar-refractivity contribution in [3.8, 4) is 36.2 Å². The third-order valence-corrected chi connectivity index (χ3v) is 2.76. The van der Waals surface area contributed by atoms with E-state index in [0.29, 0.717) is 17.1 Å². The number of hydrogen-bond donors (Lipinski definition) is 0. The van der Waals surface area contributed by atoms with Crippen molar-refractivity contribution >= 4 is 6.29 Å². The first-order chi connectivity index (χ1) is 8.67. The number of terminal acetylenes is 2. The lowest BCUT2D eigenvalue weighted by Crippen LogP contribution is -2.22. The van der Waals surface area contributed by atoms with Crippen molar-refractivity contribution in [1.29, 1.82) is 0 Å². The first-order valence-corrected chi connectivity index (χ1v) is 5.29. The Labute approximate surface area is 107 Å². The van der Waals surface area contributed by atoms with Gasteiger partial charge in [-0.2, -0.15) is 0 Å². The highest BCUT2D eigenvalue weighted by Crippen LogP contribution is 2.34. The predicted octanol–water partition coefficient (Wildman–Crippen LogP) is 1.80. The van der Waals surface area contributed by atoms with Gasteiger partial charge in [0.05, 0.1) is 14.2 Å². The summed E-state index contributed by atoms with van der Waals surface area (Å²) in [6.07, 6.45) is 11.7. The summed E-state index contributed by atoms with van der Waals surface area (Å²) in [4.78, 5) is 10.7. The Morgan fingerprint density at radius 3 is 2.28 bits per heavy atom. The maximum absolute atomic E-state index is 10.7. The van der Waals surface area contributed by atoms with Crippen LogP contribution in [0.5, 0.6) is 11.5 Å². The summed E-state index contributed by atoms with van der Waals surface area (Å²) < 4.78 is 10.3. The highest BCUT2D eigenvalue weighted by molar-refractivity contribution is 5.61. The summed E-state index contributed by atoms with van der Waals surface area (Å²) in [5.74, 6) is 6.12. The fraction of sp³-hybridized carbons (Fsp3) is 0.267. The van der Waals surface area contributed by atoms with Gasteiger partial charge in [-0.25, -0.2) is 0 Å². The van der Waals surface area contributed by atoms with Crippen LogP contribution in [0.4, 0.5) is 0 Å². The second kappa shape index (κ2) is 5.80. The number of ether oxygens (including phenoxy) is 2. The van der Waals surface area contributed by atoms with E-state index < -0.39 is 5.41 Å². The summed E-state index contributed by atoms with van der Waals surface area (Å²) >= 11 is 0. The van der Waals surface area contributed by atoms with E-state index in [2.05, 4.69) is 11.8 Å². The summed E-state index contributed by atoms with van der Waals surface area (Å²) in [6.45, 7) is 0. The zero-order valence-electron chi connectivity index (χ0n) is 10.4. The van der Waals surface area contributed by atoms with Crippen LogP contribution in [0.1, 0.15) is 12.0 Å². The van der Waals surface area contributed by atoms with Crippen molar-refractivity contribution in [2.75, 3.05) is 14.2 Å². The largest absolute Gasteiger partial charge is 0.493 e. The Kier molecular flexibility index (Phi) is 4.40. The molecule has 0 heterocycles. The minimum absolute atomic E-state index is 0.0650. The Hall–Kier alpha value is -2.39. The van der Waals surface area contributed by atoms with E-state index in [1.165, 1.54) is 7.11 Å². The second-order valence-electron chi connectivity index (χ2n) is 3.63. The molecule has 0 aromatic heterocycles. The van der Waals surface area contributed by atoms with Crippen LogP contribution in [0.25, 0.3) is 0 Å². The maximum atomic E-state index is 10.7. The van der Waals surface area contributed by atoms with Crippen molar-refractivity contribution < 1.29 is 14.3 Å². The minimum Gasteiger partial charge on any atom is -0.493 e. The van der Waals surface area contributed by atoms with Gasteiger partial charge in [0.1, 0.15) is 11.7 Å². The smallest absolute Gasteiger partial charge is 0.161 e. The monoisotopic (exact) mass is 242 g/mol. The van der Waals surface area contributed by atoms with Crippen LogP contribution in [0.3, 0.4) is 0 Å². The van der Waals surface area contributed by atoms with Crippen molar-refractivity contribution in [3.05, 3.63) is 23.8 Å². The summed E-state index contributed by atoms with van der Waals surface area (Å²) in [6, 6.07) is 5.15. The molecule has 1 aromatic rings. The van der Waals surface area contributed by atoms with Crippen LogP contribution >= 0.6 is 0 Å². The molecule has 0 amide bonds. The van der Waals surface area contributed by atoms with Crippen molar-refractivity contribution in [1.82, 2.24) is 0 Å². The molecule has 1 aromatic carbocycles. The molecular formula is C15H14O3. The van der Waals surface area contributed by atoms with Crippen LogP contribution < -0.4 is 9.47 Å². The second-order valence-corrected chi connectivity index (χ2v) is 3.63. The number of carbonyl (C=O) groups excluding carboxylic acids is 1. The fourth-order valence-electron chi connectivity index (χ4n) is 1.67. The van der Waals surface area contributed by atoms with Gasteiger partial charge in [0.15, 0.2) is 11.5 Å². The SMILES string of the molecule is C#CC(C#C)(CC=O)c1ccc(OC)c(OC)c1. The predicted molar refractivity (Wildman–Crippen MR) is 69.6 cm³/mol. The van der Waals surface area contributed by atoms with E-state index >= 15 is 0 Å². The van der Waals surface area contributed by atoms with Gasteiger partial charge in [0.25, 0.3) is 0 Å². The summed E-state index contributed by atoms with van der Waals surface area (Å²) in [7, 11) is 3.06. The van der Waals surface area contributed by atoms with Crippen molar-refractivity contribution in [2.45, 2.75) is 11.8 Å². The lowest BCUT2D eigenvalue weighted by atomic mass is 9.79. The zero-order chi connectivity index (χ0) is 13.6. The number of rotatable bonds is 5. The lowest BCUT2D eigenvalue weighted by molar-refractivity contribution is -0.108. The van der Waals surface area contributed by atoms with Gasteiger partial charge in [-0.3, -0.25) is 0 Å². The molecular weight excluding hydrogens is 228 g/mol. The highest BCUT2D eigenvalue weighted by Gasteiger charge is 2.28. The highest BCUT2D eigenvalue weighted by atomic mass is 16.5. The van der Waals surface area contributed by atoms with Crippen LogP contribution in [-0.4, -0.2) is 20.5 Å². The maximum Gasteiger partial charge on any atom is 0.161 e. The van der Waals surface area contributed by atoms with E-state index in [-0.39, 0.29) is 6.42 Å². The summed E-state index contributed by atoms with van der Waals surface area (Å²) in [5.41, 5.74) is -0.376. The molecule has 3 heteroatoms. The molecule has 0 unspecified atom stereocenters. The normalized spacial score (nSPS) is 10.0. The molecule has 0 atom stereocenters. The molecule has 92 valence electrons. The Morgan fingerprint density at radius 2 is 1.83 bits per heavy atom. The van der Waals surface area contributed by atoms with Crippen LogP contribution in [0, 0.1) is 24.7 Å². The summed E-state index contributed by atoms with van der Waals surface area (Å²) in [5, 5.41) is 0. The number of carbonyl (C=O) groups is 1. The molecule has 3 nitrogen and oxygen atoms in total. The third kappa shape index (κ3) is 2.31. The molecule has 18 heavy (non-hydrogen) atoms. The molecule has 0 spiro atoms. The van der Waals surface area contributed by atoms with E-state index in [1.807, 2.05) is 0 Å². The molecule has 0 aliphatic carbocycles. The third-order valence-electron chi connectivity index (χ3n) is 2.76. The standard InChI is InChI=1S/C15H14O3/c1-5-15(6-2,9-10-16)12-7-8-13(17-3)14(11-12)18-4/h1-2,7-8,10-11H,9H2,3-4H3. The molecule has 1 rings (SSSR count). The van der Waals surface area contributed by atoms with Gasteiger partial charge in [-0.05, 0) is 17.7 Å². The quantitative estimate of drug-likeness (QED) is 0.583. The topological polar surface area (TPSA) is 35.5 Å². The molecule has 0 aliphatic rings. The first kappa shape index (κ1) is 13.7. The molecule has 0 fully saturated rings. The molecule has 0 aliphatic heterocycles. The molecule has 0 N–H and O–H groups in total. The van der Waals surface area contributed by atoms with E-state index in [9.17, 15) is 4.79 Å². The van der Waals surface area contributed by atoms with Crippen LogP contribution in [-0.2, 0) is 10.2 Å². The molecule has 0 bridgehead atoms. The van der Waals surface area contributed by atoms with E-state index in [1.54, 1.807) is 25.3 Å². The van der Waals surface area contributed by atoms with Crippen molar-refractivity contribution in [2.24, 2.45) is 0 Å². The molecule has 0 saturated carbocycles. The average Bonchev–Trinajstić information content (AvgIpc) is 2.44. The minimum atomic E-state index is -1.04. The van der Waals surface area contributed by atoms with Gasteiger partial charge in [-0.15, -0.1) is 12.8 Å². The number of benzene rings is 1. The van der Waals surface area contributed by atoms with Gasteiger partial charge in [0.2, 0.25) is 0 Å². The zero-order valence-corrected chi connectivity index (χ0v) is 10.4. The van der Waals surface area contributed by atoms with Crippen molar-refractivity contribution in [3.63, 3.8) is 0 Å². The Morgan fingerprint density at radius 1 is 1.22 bits per heavy atom.